The first-order chi connectivity index (χ1) is 9.74. The predicted octanol–water partition coefficient (Wildman–Crippen LogP) is 3.25. The number of rotatable bonds is 6. The van der Waals surface area contributed by atoms with E-state index < -0.39 is 0 Å². The first-order valence-electron chi connectivity index (χ1n) is 7.02. The molecule has 0 saturated carbocycles. The fourth-order valence-corrected chi connectivity index (χ4v) is 1.97. The van der Waals surface area contributed by atoms with Crippen LogP contribution in [0.2, 0.25) is 0 Å². The molecule has 106 valence electrons. The van der Waals surface area contributed by atoms with Crippen LogP contribution in [0.25, 0.3) is 0 Å². The summed E-state index contributed by atoms with van der Waals surface area (Å²) in [7, 11) is 0. The van der Waals surface area contributed by atoms with Gasteiger partial charge in [0.05, 0.1) is 5.69 Å². The third kappa shape index (κ3) is 3.54. The van der Waals surface area contributed by atoms with Gasteiger partial charge < -0.3 is 10.1 Å². The number of ether oxygens (including phenoxy) is 1. The van der Waals surface area contributed by atoms with Crippen LogP contribution in [-0.2, 0) is 13.0 Å². The molecule has 0 aliphatic rings. The van der Waals surface area contributed by atoms with Gasteiger partial charge in [-0.05, 0) is 38.1 Å². The molecule has 0 unspecified atom stereocenters. The molecule has 2 aromatic rings. The highest BCUT2D eigenvalue weighted by molar-refractivity contribution is 5.38. The van der Waals surface area contributed by atoms with Crippen LogP contribution in [0.15, 0.2) is 30.6 Å². The van der Waals surface area contributed by atoms with Gasteiger partial charge in [0, 0.05) is 30.2 Å². The van der Waals surface area contributed by atoms with Crippen LogP contribution in [0, 0.1) is 6.92 Å². The van der Waals surface area contributed by atoms with Gasteiger partial charge in [0.15, 0.2) is 0 Å². The van der Waals surface area contributed by atoms with Crippen LogP contribution in [0.4, 0.5) is 0 Å². The zero-order valence-electron chi connectivity index (χ0n) is 12.3. The molecule has 0 aromatic carbocycles. The van der Waals surface area contributed by atoms with Crippen molar-refractivity contribution in [1.29, 1.82) is 0 Å². The van der Waals surface area contributed by atoms with Crippen molar-refractivity contribution >= 4 is 0 Å². The van der Waals surface area contributed by atoms with Gasteiger partial charge in [0.2, 0.25) is 0 Å². The standard InChI is InChI=1S/C16H21N3O/c1-4-14-16(7-6-12(3)19-14)20-15-8-9-18-11-13(15)10-17-5-2/h6-9,11,17H,4-5,10H2,1-3H3. The van der Waals surface area contributed by atoms with E-state index >= 15 is 0 Å². The molecule has 0 aliphatic carbocycles. The van der Waals surface area contributed by atoms with Crippen LogP contribution in [0.1, 0.15) is 30.8 Å². The summed E-state index contributed by atoms with van der Waals surface area (Å²) in [5.41, 5.74) is 3.05. The van der Waals surface area contributed by atoms with E-state index in [0.717, 1.165) is 48.0 Å². The lowest BCUT2D eigenvalue weighted by molar-refractivity contribution is 0.463. The third-order valence-electron chi connectivity index (χ3n) is 3.05. The first kappa shape index (κ1) is 14.5. The summed E-state index contributed by atoms with van der Waals surface area (Å²) < 4.78 is 6.04. The Balaban J connectivity index is 2.25. The topological polar surface area (TPSA) is 47.0 Å². The summed E-state index contributed by atoms with van der Waals surface area (Å²) in [6.07, 6.45) is 4.44. The summed E-state index contributed by atoms with van der Waals surface area (Å²) in [5.74, 6) is 1.66. The molecule has 4 heteroatoms. The minimum Gasteiger partial charge on any atom is -0.455 e. The van der Waals surface area contributed by atoms with Crippen LogP contribution >= 0.6 is 0 Å². The van der Waals surface area contributed by atoms with Crippen LogP contribution in [0.3, 0.4) is 0 Å². The van der Waals surface area contributed by atoms with E-state index in [1.165, 1.54) is 0 Å². The maximum Gasteiger partial charge on any atom is 0.148 e. The number of aryl methyl sites for hydroxylation is 2. The molecule has 20 heavy (non-hydrogen) atoms. The van der Waals surface area contributed by atoms with E-state index in [1.54, 1.807) is 6.20 Å². The van der Waals surface area contributed by atoms with Crippen molar-refractivity contribution in [2.24, 2.45) is 0 Å². The minimum atomic E-state index is 0.750. The highest BCUT2D eigenvalue weighted by Crippen LogP contribution is 2.27. The Bertz CT molecular complexity index is 569. The van der Waals surface area contributed by atoms with Crippen molar-refractivity contribution in [3.05, 3.63) is 47.5 Å². The lowest BCUT2D eigenvalue weighted by atomic mass is 10.2. The molecule has 2 aromatic heterocycles. The second-order valence-corrected chi connectivity index (χ2v) is 4.62. The molecule has 0 amide bonds. The summed E-state index contributed by atoms with van der Waals surface area (Å²) in [6, 6.07) is 5.85. The Kier molecular flexibility index (Phi) is 5.07. The molecule has 0 spiro atoms. The lowest BCUT2D eigenvalue weighted by Crippen LogP contribution is -2.12. The Morgan fingerprint density at radius 1 is 1.15 bits per heavy atom. The first-order valence-corrected chi connectivity index (χ1v) is 7.02. The molecular formula is C16H21N3O. The SMILES string of the molecule is CCNCc1cnccc1Oc1ccc(C)nc1CC. The van der Waals surface area contributed by atoms with E-state index in [1.807, 2.05) is 31.3 Å². The lowest BCUT2D eigenvalue weighted by Gasteiger charge is -2.13. The number of aromatic nitrogens is 2. The normalized spacial score (nSPS) is 10.6. The molecule has 0 fully saturated rings. The molecule has 0 saturated heterocycles. The predicted molar refractivity (Wildman–Crippen MR) is 80.0 cm³/mol. The van der Waals surface area contributed by atoms with E-state index in [9.17, 15) is 0 Å². The maximum absolute atomic E-state index is 6.04. The molecule has 0 atom stereocenters. The Morgan fingerprint density at radius 2 is 2.00 bits per heavy atom. The van der Waals surface area contributed by atoms with E-state index in [2.05, 4.69) is 29.1 Å². The summed E-state index contributed by atoms with van der Waals surface area (Å²) >= 11 is 0. The van der Waals surface area contributed by atoms with Crippen molar-refractivity contribution in [2.45, 2.75) is 33.7 Å². The fraction of sp³-hybridized carbons (Fsp3) is 0.375. The zero-order chi connectivity index (χ0) is 14.4. The molecule has 0 bridgehead atoms. The van der Waals surface area contributed by atoms with Crippen molar-refractivity contribution in [2.75, 3.05) is 6.54 Å². The van der Waals surface area contributed by atoms with Crippen molar-refractivity contribution in [3.8, 4) is 11.5 Å². The van der Waals surface area contributed by atoms with E-state index in [-0.39, 0.29) is 0 Å². The third-order valence-corrected chi connectivity index (χ3v) is 3.05. The molecule has 1 N–H and O–H groups in total. The fourth-order valence-electron chi connectivity index (χ4n) is 1.97. The average molecular weight is 271 g/mol. The number of hydrogen-bond acceptors (Lipinski definition) is 4. The Morgan fingerprint density at radius 3 is 2.75 bits per heavy atom. The molecule has 4 nitrogen and oxygen atoms in total. The quantitative estimate of drug-likeness (QED) is 0.876. The largest absolute Gasteiger partial charge is 0.455 e. The Labute approximate surface area is 120 Å². The van der Waals surface area contributed by atoms with Crippen LogP contribution < -0.4 is 10.1 Å². The van der Waals surface area contributed by atoms with Crippen LogP contribution in [-0.4, -0.2) is 16.5 Å². The summed E-state index contributed by atoms with van der Waals surface area (Å²) in [6.45, 7) is 7.82. The number of pyridine rings is 2. The monoisotopic (exact) mass is 271 g/mol. The zero-order valence-corrected chi connectivity index (χ0v) is 12.3. The van der Waals surface area contributed by atoms with E-state index in [4.69, 9.17) is 4.74 Å². The second kappa shape index (κ2) is 7.01. The van der Waals surface area contributed by atoms with Gasteiger partial charge in [-0.15, -0.1) is 0 Å². The highest BCUT2D eigenvalue weighted by Gasteiger charge is 2.09. The maximum atomic E-state index is 6.04. The van der Waals surface area contributed by atoms with Gasteiger partial charge in [-0.2, -0.15) is 0 Å². The summed E-state index contributed by atoms with van der Waals surface area (Å²) in [5, 5.41) is 3.29. The minimum absolute atomic E-state index is 0.750. The number of nitrogens with zero attached hydrogens (tertiary/aromatic N) is 2. The Hall–Kier alpha value is -1.94. The molecular weight excluding hydrogens is 250 g/mol. The molecule has 2 heterocycles. The second-order valence-electron chi connectivity index (χ2n) is 4.62. The van der Waals surface area contributed by atoms with Gasteiger partial charge in [0.25, 0.3) is 0 Å². The van der Waals surface area contributed by atoms with Gasteiger partial charge in [-0.1, -0.05) is 13.8 Å². The van der Waals surface area contributed by atoms with Crippen molar-refractivity contribution < 1.29 is 4.74 Å². The molecule has 0 aliphatic heterocycles. The molecule has 0 radical (unpaired) electrons. The van der Waals surface area contributed by atoms with Gasteiger partial charge in [-0.25, -0.2) is 0 Å². The number of hydrogen-bond donors (Lipinski definition) is 1. The van der Waals surface area contributed by atoms with Gasteiger partial charge in [0.1, 0.15) is 11.5 Å². The van der Waals surface area contributed by atoms with Gasteiger partial charge in [-0.3, -0.25) is 9.97 Å². The highest BCUT2D eigenvalue weighted by atomic mass is 16.5. The van der Waals surface area contributed by atoms with Crippen molar-refractivity contribution in [3.63, 3.8) is 0 Å². The van der Waals surface area contributed by atoms with E-state index in [0.29, 0.717) is 0 Å². The smallest absolute Gasteiger partial charge is 0.148 e. The van der Waals surface area contributed by atoms with Crippen LogP contribution in [0.5, 0.6) is 11.5 Å². The summed E-state index contributed by atoms with van der Waals surface area (Å²) in [4.78, 5) is 8.68. The molecule has 2 rings (SSSR count). The number of nitrogens with one attached hydrogen (secondary N) is 1. The van der Waals surface area contributed by atoms with Gasteiger partial charge >= 0.3 is 0 Å². The van der Waals surface area contributed by atoms with Crippen molar-refractivity contribution in [1.82, 2.24) is 15.3 Å². The average Bonchev–Trinajstić information content (AvgIpc) is 2.48.